The quantitative estimate of drug-likeness (QED) is 0.338. The van der Waals surface area contributed by atoms with E-state index in [9.17, 15) is 9.59 Å². The van der Waals surface area contributed by atoms with E-state index >= 15 is 0 Å². The zero-order valence-corrected chi connectivity index (χ0v) is 19.4. The van der Waals surface area contributed by atoms with Crippen LogP contribution in [0.2, 0.25) is 0 Å². The van der Waals surface area contributed by atoms with E-state index in [-0.39, 0.29) is 11.7 Å². The van der Waals surface area contributed by atoms with Crippen LogP contribution in [0.1, 0.15) is 16.1 Å². The Hall–Kier alpha value is -3.91. The van der Waals surface area contributed by atoms with E-state index in [1.54, 1.807) is 18.2 Å². The summed E-state index contributed by atoms with van der Waals surface area (Å²) in [4.78, 5) is 27.3. The van der Waals surface area contributed by atoms with Crippen molar-refractivity contribution in [3.05, 3.63) is 93.0 Å². The number of hydrogen-bond donors (Lipinski definition) is 2. The Morgan fingerprint density at radius 1 is 1.03 bits per heavy atom. The molecule has 0 aliphatic carbocycles. The van der Waals surface area contributed by atoms with Crippen molar-refractivity contribution in [2.24, 2.45) is 7.05 Å². The fourth-order valence-corrected chi connectivity index (χ4v) is 4.44. The van der Waals surface area contributed by atoms with Gasteiger partial charge in [0.1, 0.15) is 5.69 Å². The highest BCUT2D eigenvalue weighted by Gasteiger charge is 2.19. The smallest absolute Gasteiger partial charge is 0.339 e. The van der Waals surface area contributed by atoms with Crippen molar-refractivity contribution in [2.75, 3.05) is 5.32 Å². The molecule has 2 N–H and O–H groups in total. The lowest BCUT2D eigenvalue weighted by atomic mass is 9.99. The summed E-state index contributed by atoms with van der Waals surface area (Å²) in [5.41, 5.74) is 5.87. The van der Waals surface area contributed by atoms with Gasteiger partial charge in [-0.05, 0) is 42.3 Å². The third kappa shape index (κ3) is 3.78. The van der Waals surface area contributed by atoms with Gasteiger partial charge < -0.3 is 9.88 Å². The Morgan fingerprint density at radius 3 is 2.58 bits per heavy atom. The highest BCUT2D eigenvalue weighted by atomic mass is 79.9. The fraction of sp³-hybridized carbons (Fsp3) is 0.0800. The molecule has 3 aromatic carbocycles. The van der Waals surface area contributed by atoms with Crippen LogP contribution in [0.5, 0.6) is 0 Å². The SMILES string of the molecule is Cc1ccccc1-c1cccc2cc(C(=O)Nc3ccc(Br)cc3-c3noc(=O)[nH]3)n(C)c12. The summed E-state index contributed by atoms with van der Waals surface area (Å²) in [6, 6.07) is 21.4. The molecule has 33 heavy (non-hydrogen) atoms. The summed E-state index contributed by atoms with van der Waals surface area (Å²) >= 11 is 3.42. The van der Waals surface area contributed by atoms with Gasteiger partial charge in [0.15, 0.2) is 5.82 Å². The van der Waals surface area contributed by atoms with Crippen LogP contribution in [0.4, 0.5) is 5.69 Å². The standard InChI is InChI=1S/C25H19BrN4O3/c1-14-6-3-4-8-17(14)18-9-5-7-15-12-21(30(2)22(15)18)24(31)27-20-11-10-16(26)13-19(20)23-28-25(32)33-29-23/h3-13H,1-2H3,(H,27,31)(H,28,29,32). The Bertz CT molecular complexity index is 1580. The number of aromatic amines is 1. The normalized spacial score (nSPS) is 11.1. The van der Waals surface area contributed by atoms with Gasteiger partial charge in [0.2, 0.25) is 0 Å². The summed E-state index contributed by atoms with van der Waals surface area (Å²) in [6.45, 7) is 2.08. The van der Waals surface area contributed by atoms with E-state index in [4.69, 9.17) is 0 Å². The number of rotatable bonds is 4. The lowest BCUT2D eigenvalue weighted by Gasteiger charge is -2.12. The van der Waals surface area contributed by atoms with Gasteiger partial charge in [0, 0.05) is 28.0 Å². The minimum Gasteiger partial charge on any atom is -0.339 e. The number of para-hydroxylation sites is 1. The average Bonchev–Trinajstić information content (AvgIpc) is 3.38. The molecule has 5 rings (SSSR count). The van der Waals surface area contributed by atoms with Gasteiger partial charge in [-0.15, -0.1) is 0 Å². The second-order valence-electron chi connectivity index (χ2n) is 7.73. The summed E-state index contributed by atoms with van der Waals surface area (Å²) in [5, 5.41) is 7.68. The van der Waals surface area contributed by atoms with Gasteiger partial charge >= 0.3 is 5.76 Å². The molecule has 0 aliphatic rings. The van der Waals surface area contributed by atoms with Crippen molar-refractivity contribution < 1.29 is 9.32 Å². The molecule has 0 aliphatic heterocycles. The number of benzene rings is 3. The maximum Gasteiger partial charge on any atom is 0.439 e. The van der Waals surface area contributed by atoms with E-state index < -0.39 is 5.76 Å². The highest BCUT2D eigenvalue weighted by molar-refractivity contribution is 9.10. The number of nitrogens with one attached hydrogen (secondary N) is 2. The first-order valence-electron chi connectivity index (χ1n) is 10.2. The molecule has 0 bridgehead atoms. The van der Waals surface area contributed by atoms with E-state index in [2.05, 4.69) is 61.0 Å². The number of carbonyl (C=O) groups excluding carboxylic acids is 1. The van der Waals surface area contributed by atoms with Crippen molar-refractivity contribution in [2.45, 2.75) is 6.92 Å². The van der Waals surface area contributed by atoms with Gasteiger partial charge in [-0.25, -0.2) is 4.79 Å². The molecule has 0 saturated heterocycles. The number of aromatic nitrogens is 3. The Balaban J connectivity index is 1.57. The molecule has 7 nitrogen and oxygen atoms in total. The maximum absolute atomic E-state index is 13.3. The zero-order valence-electron chi connectivity index (χ0n) is 17.8. The van der Waals surface area contributed by atoms with Crippen molar-refractivity contribution in [1.82, 2.24) is 14.7 Å². The van der Waals surface area contributed by atoms with Gasteiger partial charge in [-0.1, -0.05) is 63.6 Å². The number of fused-ring (bicyclic) bond motifs is 1. The monoisotopic (exact) mass is 502 g/mol. The summed E-state index contributed by atoms with van der Waals surface area (Å²) < 4.78 is 7.31. The molecule has 164 valence electrons. The highest BCUT2D eigenvalue weighted by Crippen LogP contribution is 2.33. The lowest BCUT2D eigenvalue weighted by Crippen LogP contribution is -2.16. The number of carbonyl (C=O) groups is 1. The Morgan fingerprint density at radius 2 is 1.82 bits per heavy atom. The first kappa shape index (κ1) is 21.0. The van der Waals surface area contributed by atoms with Gasteiger partial charge in [-0.2, -0.15) is 0 Å². The van der Waals surface area contributed by atoms with Crippen molar-refractivity contribution >= 4 is 38.4 Å². The predicted molar refractivity (Wildman–Crippen MR) is 131 cm³/mol. The Kier molecular flexibility index (Phi) is 5.22. The van der Waals surface area contributed by atoms with Crippen LogP contribution < -0.4 is 11.1 Å². The van der Waals surface area contributed by atoms with Crippen LogP contribution in [0.3, 0.4) is 0 Å². The molecular formula is C25H19BrN4O3. The lowest BCUT2D eigenvalue weighted by molar-refractivity contribution is 0.102. The minimum absolute atomic E-state index is 0.232. The first-order chi connectivity index (χ1) is 15.9. The summed E-state index contributed by atoms with van der Waals surface area (Å²) in [7, 11) is 1.89. The van der Waals surface area contributed by atoms with Crippen LogP contribution in [0.25, 0.3) is 33.4 Å². The second kappa shape index (κ2) is 8.22. The zero-order chi connectivity index (χ0) is 23.1. The molecule has 0 radical (unpaired) electrons. The number of halogens is 1. The molecule has 1 amide bonds. The van der Waals surface area contributed by atoms with Crippen LogP contribution >= 0.6 is 15.9 Å². The number of anilines is 1. The number of aryl methyl sites for hydroxylation is 2. The first-order valence-corrected chi connectivity index (χ1v) is 11.0. The molecule has 8 heteroatoms. The van der Waals surface area contributed by atoms with Crippen LogP contribution in [-0.2, 0) is 7.05 Å². The molecule has 0 fully saturated rings. The van der Waals surface area contributed by atoms with E-state index in [0.717, 1.165) is 26.5 Å². The maximum atomic E-state index is 13.3. The third-order valence-electron chi connectivity index (χ3n) is 5.65. The average molecular weight is 503 g/mol. The predicted octanol–water partition coefficient (Wildman–Crippen LogP) is 5.51. The summed E-state index contributed by atoms with van der Waals surface area (Å²) in [5.74, 6) is -0.714. The van der Waals surface area contributed by atoms with Gasteiger partial charge in [0.25, 0.3) is 5.91 Å². The topological polar surface area (TPSA) is 92.9 Å². The molecule has 2 aromatic heterocycles. The number of amides is 1. The molecule has 2 heterocycles. The minimum atomic E-state index is -0.667. The number of H-pyrrole nitrogens is 1. The van der Waals surface area contributed by atoms with Crippen LogP contribution in [0.15, 0.2) is 80.5 Å². The van der Waals surface area contributed by atoms with Crippen LogP contribution in [0, 0.1) is 6.92 Å². The molecule has 5 aromatic rings. The van der Waals surface area contributed by atoms with E-state index in [1.165, 1.54) is 5.56 Å². The molecule has 0 saturated carbocycles. The van der Waals surface area contributed by atoms with Crippen LogP contribution in [-0.4, -0.2) is 20.6 Å². The van der Waals surface area contributed by atoms with E-state index in [0.29, 0.717) is 16.9 Å². The molecule has 0 atom stereocenters. The van der Waals surface area contributed by atoms with Crippen molar-refractivity contribution in [1.29, 1.82) is 0 Å². The number of nitrogens with zero attached hydrogens (tertiary/aromatic N) is 2. The Labute approximate surface area is 197 Å². The van der Waals surface area contributed by atoms with Crippen molar-refractivity contribution in [3.63, 3.8) is 0 Å². The molecule has 0 unspecified atom stereocenters. The van der Waals surface area contributed by atoms with Crippen molar-refractivity contribution in [3.8, 4) is 22.5 Å². The summed E-state index contributed by atoms with van der Waals surface area (Å²) in [6.07, 6.45) is 0. The third-order valence-corrected chi connectivity index (χ3v) is 6.14. The second-order valence-corrected chi connectivity index (χ2v) is 8.65. The van der Waals surface area contributed by atoms with E-state index in [1.807, 2.05) is 41.9 Å². The van der Waals surface area contributed by atoms with Gasteiger partial charge in [-0.3, -0.25) is 14.3 Å². The van der Waals surface area contributed by atoms with Gasteiger partial charge in [0.05, 0.1) is 11.2 Å². The fourth-order valence-electron chi connectivity index (χ4n) is 4.08. The molecule has 0 spiro atoms. The molecular weight excluding hydrogens is 484 g/mol. The largest absolute Gasteiger partial charge is 0.439 e. The number of hydrogen-bond acceptors (Lipinski definition) is 4.